The molecule has 0 saturated heterocycles. The predicted octanol–water partition coefficient (Wildman–Crippen LogP) is 3.57. The van der Waals surface area contributed by atoms with Gasteiger partial charge in [-0.2, -0.15) is 0 Å². The van der Waals surface area contributed by atoms with Crippen molar-refractivity contribution >= 4 is 5.69 Å². The number of benzene rings is 1. The third kappa shape index (κ3) is 2.98. The molecule has 0 spiro atoms. The van der Waals surface area contributed by atoms with Crippen LogP contribution in [-0.2, 0) is 19.5 Å². The minimum atomic E-state index is 0.788. The second-order valence-corrected chi connectivity index (χ2v) is 5.98. The Morgan fingerprint density at radius 3 is 2.90 bits per heavy atom. The minimum absolute atomic E-state index is 0.788. The van der Waals surface area contributed by atoms with E-state index in [0.29, 0.717) is 0 Å². The van der Waals surface area contributed by atoms with E-state index in [2.05, 4.69) is 48.3 Å². The number of hydrogen-bond acceptors (Lipinski definition) is 3. The molecule has 1 aliphatic rings. The lowest BCUT2D eigenvalue weighted by Gasteiger charge is -2.31. The van der Waals surface area contributed by atoms with E-state index >= 15 is 0 Å². The van der Waals surface area contributed by atoms with Gasteiger partial charge < -0.3 is 14.6 Å². The Bertz CT molecular complexity index is 630. The molecule has 1 N–H and O–H groups in total. The Hall–Kier alpha value is -1.74. The van der Waals surface area contributed by atoms with Crippen LogP contribution in [0.4, 0.5) is 5.69 Å². The van der Waals surface area contributed by atoms with E-state index in [0.717, 1.165) is 31.2 Å². The maximum atomic E-state index is 5.81. The average molecular weight is 284 g/mol. The number of aryl methyl sites for hydroxylation is 3. The van der Waals surface area contributed by atoms with Crippen LogP contribution in [0, 0.1) is 13.8 Å². The van der Waals surface area contributed by atoms with Crippen molar-refractivity contribution in [3.05, 3.63) is 52.5 Å². The summed E-state index contributed by atoms with van der Waals surface area (Å²) in [6.07, 6.45) is 2.43. The summed E-state index contributed by atoms with van der Waals surface area (Å²) >= 11 is 0. The number of fused-ring (bicyclic) bond motifs is 1. The molecular weight excluding hydrogens is 260 g/mol. The molecule has 1 aromatic heterocycles. The summed E-state index contributed by atoms with van der Waals surface area (Å²) in [7, 11) is 1.95. The molecular formula is C18H24N2O. The Kier molecular flexibility index (Phi) is 4.02. The van der Waals surface area contributed by atoms with Crippen LogP contribution in [0.25, 0.3) is 0 Å². The third-order valence-electron chi connectivity index (χ3n) is 4.23. The second kappa shape index (κ2) is 5.94. The van der Waals surface area contributed by atoms with Crippen LogP contribution in [0.3, 0.4) is 0 Å². The van der Waals surface area contributed by atoms with Gasteiger partial charge in [0.1, 0.15) is 11.5 Å². The van der Waals surface area contributed by atoms with E-state index in [1.807, 2.05) is 7.05 Å². The molecule has 0 radical (unpaired) electrons. The van der Waals surface area contributed by atoms with E-state index in [9.17, 15) is 0 Å². The monoisotopic (exact) mass is 284 g/mol. The molecule has 0 amide bonds. The zero-order valence-corrected chi connectivity index (χ0v) is 13.2. The normalized spacial score (nSPS) is 14.3. The van der Waals surface area contributed by atoms with Gasteiger partial charge in [-0.15, -0.1) is 0 Å². The average Bonchev–Trinajstić information content (AvgIpc) is 2.79. The van der Waals surface area contributed by atoms with Crippen LogP contribution < -0.4 is 10.2 Å². The first-order valence-electron chi connectivity index (χ1n) is 7.74. The number of nitrogens with zero attached hydrogens (tertiary/aromatic N) is 1. The van der Waals surface area contributed by atoms with E-state index in [1.165, 1.54) is 35.2 Å². The molecule has 0 saturated carbocycles. The summed E-state index contributed by atoms with van der Waals surface area (Å²) in [5.74, 6) is 2.06. The van der Waals surface area contributed by atoms with Crippen LogP contribution in [0.15, 0.2) is 28.7 Å². The third-order valence-corrected chi connectivity index (χ3v) is 4.23. The molecule has 0 unspecified atom stereocenters. The molecule has 1 aliphatic heterocycles. The highest BCUT2D eigenvalue weighted by atomic mass is 16.3. The van der Waals surface area contributed by atoms with E-state index in [4.69, 9.17) is 4.42 Å². The SMILES string of the molecule is CNCc1cc(CN2CCCc3cc(C)ccc32)c(C)o1. The van der Waals surface area contributed by atoms with Crippen LogP contribution in [0.2, 0.25) is 0 Å². The highest BCUT2D eigenvalue weighted by Gasteiger charge is 2.19. The standard InChI is InChI=1S/C18H24N2O/c1-13-6-7-18-15(9-13)5-4-8-20(18)12-16-10-17(11-19-3)21-14(16)2/h6-7,9-10,19H,4-5,8,11-12H2,1-3H3. The molecule has 112 valence electrons. The first-order valence-corrected chi connectivity index (χ1v) is 7.74. The summed E-state index contributed by atoms with van der Waals surface area (Å²) in [4.78, 5) is 2.49. The lowest BCUT2D eigenvalue weighted by molar-refractivity contribution is 0.468. The minimum Gasteiger partial charge on any atom is -0.465 e. The number of rotatable bonds is 4. The van der Waals surface area contributed by atoms with Crippen molar-refractivity contribution in [2.24, 2.45) is 0 Å². The summed E-state index contributed by atoms with van der Waals surface area (Å²) in [6.45, 7) is 7.09. The van der Waals surface area contributed by atoms with Gasteiger partial charge in [0.15, 0.2) is 0 Å². The van der Waals surface area contributed by atoms with Crippen molar-refractivity contribution in [3.63, 3.8) is 0 Å². The van der Waals surface area contributed by atoms with Gasteiger partial charge >= 0.3 is 0 Å². The van der Waals surface area contributed by atoms with E-state index in [-0.39, 0.29) is 0 Å². The fraction of sp³-hybridized carbons (Fsp3) is 0.444. The first-order chi connectivity index (χ1) is 10.2. The fourth-order valence-electron chi connectivity index (χ4n) is 3.18. The maximum absolute atomic E-state index is 5.81. The molecule has 0 bridgehead atoms. The molecule has 2 heterocycles. The molecule has 3 nitrogen and oxygen atoms in total. The summed E-state index contributed by atoms with van der Waals surface area (Å²) < 4.78 is 5.81. The predicted molar refractivity (Wildman–Crippen MR) is 86.8 cm³/mol. The van der Waals surface area contributed by atoms with Gasteiger partial charge in [0.05, 0.1) is 6.54 Å². The Labute approximate surface area is 127 Å². The molecule has 0 fully saturated rings. The molecule has 1 aromatic carbocycles. The second-order valence-electron chi connectivity index (χ2n) is 5.98. The first kappa shape index (κ1) is 14.2. The van der Waals surface area contributed by atoms with Gasteiger partial charge in [0, 0.05) is 24.3 Å². The van der Waals surface area contributed by atoms with Gasteiger partial charge in [-0.05, 0) is 51.4 Å². The molecule has 21 heavy (non-hydrogen) atoms. The largest absolute Gasteiger partial charge is 0.465 e. The maximum Gasteiger partial charge on any atom is 0.118 e. The van der Waals surface area contributed by atoms with Crippen molar-refractivity contribution in [1.82, 2.24) is 5.32 Å². The number of hydrogen-bond donors (Lipinski definition) is 1. The number of furan rings is 1. The summed E-state index contributed by atoms with van der Waals surface area (Å²) in [6, 6.07) is 9.00. The van der Waals surface area contributed by atoms with E-state index < -0.39 is 0 Å². The highest BCUT2D eigenvalue weighted by molar-refractivity contribution is 5.57. The van der Waals surface area contributed by atoms with Gasteiger partial charge in [0.25, 0.3) is 0 Å². The molecule has 3 heteroatoms. The van der Waals surface area contributed by atoms with Crippen molar-refractivity contribution in [1.29, 1.82) is 0 Å². The van der Waals surface area contributed by atoms with Crippen molar-refractivity contribution in [2.75, 3.05) is 18.5 Å². The smallest absolute Gasteiger partial charge is 0.118 e. The number of anilines is 1. The van der Waals surface area contributed by atoms with Crippen LogP contribution in [-0.4, -0.2) is 13.6 Å². The van der Waals surface area contributed by atoms with Gasteiger partial charge in [0.2, 0.25) is 0 Å². The van der Waals surface area contributed by atoms with Gasteiger partial charge in [-0.3, -0.25) is 0 Å². The zero-order valence-electron chi connectivity index (χ0n) is 13.2. The van der Waals surface area contributed by atoms with Crippen molar-refractivity contribution < 1.29 is 4.42 Å². The number of nitrogens with one attached hydrogen (secondary N) is 1. The molecule has 2 aromatic rings. The Balaban J connectivity index is 1.83. The van der Waals surface area contributed by atoms with Crippen molar-refractivity contribution in [2.45, 2.75) is 39.8 Å². The lowest BCUT2D eigenvalue weighted by Crippen LogP contribution is -2.28. The van der Waals surface area contributed by atoms with E-state index in [1.54, 1.807) is 0 Å². The van der Waals surface area contributed by atoms with Crippen LogP contribution in [0.5, 0.6) is 0 Å². The Morgan fingerprint density at radius 1 is 1.24 bits per heavy atom. The van der Waals surface area contributed by atoms with Crippen molar-refractivity contribution in [3.8, 4) is 0 Å². The molecule has 0 aliphatic carbocycles. The summed E-state index contributed by atoms with van der Waals surface area (Å²) in [5, 5.41) is 3.14. The van der Waals surface area contributed by atoms with Gasteiger partial charge in [-0.1, -0.05) is 17.7 Å². The highest BCUT2D eigenvalue weighted by Crippen LogP contribution is 2.30. The van der Waals surface area contributed by atoms with Crippen LogP contribution >= 0.6 is 0 Å². The lowest BCUT2D eigenvalue weighted by atomic mass is 9.99. The van der Waals surface area contributed by atoms with Gasteiger partial charge in [-0.25, -0.2) is 0 Å². The topological polar surface area (TPSA) is 28.4 Å². The summed E-state index contributed by atoms with van der Waals surface area (Å²) in [5.41, 5.74) is 5.53. The molecule has 0 atom stereocenters. The van der Waals surface area contributed by atoms with Crippen LogP contribution in [0.1, 0.15) is 34.6 Å². The molecule has 3 rings (SSSR count). The quantitative estimate of drug-likeness (QED) is 0.930. The Morgan fingerprint density at radius 2 is 2.10 bits per heavy atom. The zero-order chi connectivity index (χ0) is 14.8. The fourth-order valence-corrected chi connectivity index (χ4v) is 3.18.